The molecule has 0 atom stereocenters. The normalized spacial score (nSPS) is 15.6. The van der Waals surface area contributed by atoms with Gasteiger partial charge in [0.1, 0.15) is 5.75 Å². The van der Waals surface area contributed by atoms with E-state index in [-0.39, 0.29) is 17.3 Å². The highest BCUT2D eigenvalue weighted by Crippen LogP contribution is 2.36. The van der Waals surface area contributed by atoms with E-state index in [0.717, 1.165) is 37.2 Å². The topological polar surface area (TPSA) is 82.9 Å². The number of hydrogen-bond acceptors (Lipinski definition) is 7. The third-order valence-corrected chi connectivity index (χ3v) is 6.76. The lowest BCUT2D eigenvalue weighted by molar-refractivity contribution is 0.400. The molecule has 0 spiro atoms. The number of hydrogen-bond donors (Lipinski definition) is 2. The van der Waals surface area contributed by atoms with Crippen LogP contribution in [-0.2, 0) is 5.41 Å². The summed E-state index contributed by atoms with van der Waals surface area (Å²) in [6.07, 6.45) is 5.34. The first-order valence-corrected chi connectivity index (χ1v) is 12.8. The number of benzene rings is 2. The zero-order valence-electron chi connectivity index (χ0n) is 22.5. The number of nitrogens with zero attached hydrogens (tertiary/aromatic N) is 4. The molecule has 2 heterocycles. The molecular weight excluding hydrogens is 462 g/mol. The van der Waals surface area contributed by atoms with Crippen molar-refractivity contribution in [3.63, 3.8) is 0 Å². The van der Waals surface area contributed by atoms with Crippen LogP contribution >= 0.6 is 0 Å². The van der Waals surface area contributed by atoms with Gasteiger partial charge in [-0.1, -0.05) is 39.0 Å². The van der Waals surface area contributed by atoms with Crippen molar-refractivity contribution in [2.24, 2.45) is 4.99 Å². The highest BCUT2D eigenvalue weighted by Gasteiger charge is 2.25. The fourth-order valence-electron chi connectivity index (χ4n) is 4.76. The molecule has 0 saturated carbocycles. The van der Waals surface area contributed by atoms with E-state index in [4.69, 9.17) is 4.74 Å². The van der Waals surface area contributed by atoms with Crippen LogP contribution in [0, 0.1) is 6.92 Å². The largest absolute Gasteiger partial charge is 0.493 e. The lowest BCUT2D eigenvalue weighted by Crippen LogP contribution is -2.41. The number of aryl methyl sites for hydroxylation is 1. The summed E-state index contributed by atoms with van der Waals surface area (Å²) < 4.78 is 5.96. The van der Waals surface area contributed by atoms with Gasteiger partial charge in [-0.05, 0) is 93.4 Å². The van der Waals surface area contributed by atoms with Crippen molar-refractivity contribution in [1.29, 1.82) is 0 Å². The predicted molar refractivity (Wildman–Crippen MR) is 152 cm³/mol. The van der Waals surface area contributed by atoms with Gasteiger partial charge in [0.25, 0.3) is 0 Å². The van der Waals surface area contributed by atoms with Gasteiger partial charge in [0.15, 0.2) is 0 Å². The molecule has 4 rings (SSSR count). The minimum absolute atomic E-state index is 0.0538. The Balaban J connectivity index is 1.69. The maximum absolute atomic E-state index is 10.3. The first-order valence-electron chi connectivity index (χ1n) is 12.8. The Morgan fingerprint density at radius 2 is 1.81 bits per heavy atom. The second kappa shape index (κ2) is 11.1. The smallest absolute Gasteiger partial charge is 0.325 e. The summed E-state index contributed by atoms with van der Waals surface area (Å²) in [6.45, 7) is 16.1. The highest BCUT2D eigenvalue weighted by molar-refractivity contribution is 5.68. The van der Waals surface area contributed by atoms with Crippen LogP contribution in [0.3, 0.4) is 0 Å². The first kappa shape index (κ1) is 26.4. The predicted octanol–water partition coefficient (Wildman–Crippen LogP) is 4.71. The number of rotatable bonds is 6. The van der Waals surface area contributed by atoms with Gasteiger partial charge < -0.3 is 20.1 Å². The van der Waals surface area contributed by atoms with E-state index in [1.54, 1.807) is 13.0 Å². The Bertz CT molecular complexity index is 1370. The summed E-state index contributed by atoms with van der Waals surface area (Å²) >= 11 is 0. The van der Waals surface area contributed by atoms with E-state index in [0.29, 0.717) is 22.4 Å². The Hall–Kier alpha value is -3.71. The molecular formula is C30H37N5O2. The van der Waals surface area contributed by atoms with Gasteiger partial charge in [0.05, 0.1) is 16.8 Å². The highest BCUT2D eigenvalue weighted by atomic mass is 16.5. The number of ether oxygens (including phenoxy) is 1. The number of nitrogens with one attached hydrogen (secondary N) is 1. The molecule has 37 heavy (non-hydrogen) atoms. The Morgan fingerprint density at radius 1 is 1.11 bits per heavy atom. The van der Waals surface area contributed by atoms with Crippen molar-refractivity contribution < 1.29 is 9.84 Å². The van der Waals surface area contributed by atoms with Crippen molar-refractivity contribution in [1.82, 2.24) is 15.3 Å². The van der Waals surface area contributed by atoms with Crippen LogP contribution in [0.1, 0.15) is 51.7 Å². The quantitative estimate of drug-likeness (QED) is 0.478. The van der Waals surface area contributed by atoms with E-state index in [2.05, 4.69) is 89.9 Å². The van der Waals surface area contributed by atoms with Crippen molar-refractivity contribution in [3.8, 4) is 17.6 Å². The van der Waals surface area contributed by atoms with Gasteiger partial charge in [0, 0.05) is 17.4 Å². The van der Waals surface area contributed by atoms with Crippen LogP contribution < -0.4 is 25.5 Å². The number of aliphatic imine (C=N–C) groups is 1. The average molecular weight is 500 g/mol. The monoisotopic (exact) mass is 499 g/mol. The van der Waals surface area contributed by atoms with Crippen molar-refractivity contribution in [2.75, 3.05) is 18.0 Å². The van der Waals surface area contributed by atoms with Gasteiger partial charge in [-0.25, -0.2) is 0 Å². The minimum Gasteiger partial charge on any atom is -0.493 e. The van der Waals surface area contributed by atoms with Crippen LogP contribution in [0.4, 0.5) is 11.4 Å². The van der Waals surface area contributed by atoms with Gasteiger partial charge in [-0.15, -0.1) is 0 Å². The first-order chi connectivity index (χ1) is 17.7. The summed E-state index contributed by atoms with van der Waals surface area (Å²) in [7, 11) is 0. The van der Waals surface area contributed by atoms with E-state index in [9.17, 15) is 5.11 Å². The lowest BCUT2D eigenvalue weighted by Gasteiger charge is -2.37. The van der Waals surface area contributed by atoms with Crippen LogP contribution in [0.5, 0.6) is 17.6 Å². The average Bonchev–Trinajstić information content (AvgIpc) is 2.86. The molecule has 0 radical (unpaired) electrons. The standard InChI is InChI=1S/C30H37N5O2/c1-7-25-26(19-31-6)33-29(34-28(25)36)37-24-12-13-27(20(2)18-24)35(23-14-16-32-17-15-23)22-10-8-21(9-11-22)30(3,4)5/h7-13,18-19,23,32H,6,14-17H2,1-5H3,(H,33,34,36)/b25-7+,26-19+. The molecule has 7 heteroatoms. The molecule has 1 aliphatic heterocycles. The molecule has 0 aliphatic carbocycles. The van der Waals surface area contributed by atoms with Crippen LogP contribution in [0.2, 0.25) is 0 Å². The van der Waals surface area contributed by atoms with Gasteiger partial charge in [-0.2, -0.15) is 9.97 Å². The zero-order chi connectivity index (χ0) is 26.6. The molecule has 0 amide bonds. The SMILES string of the molecule is C=N/C=c1/nc(Oc2ccc(N(c3ccc(C(C)(C)C)cc3)C3CCNCC3)c(C)c2)nc(O)/c1=C/C. The molecule has 7 nitrogen and oxygen atoms in total. The maximum Gasteiger partial charge on any atom is 0.325 e. The molecule has 194 valence electrons. The van der Waals surface area contributed by atoms with Crippen LogP contribution in [-0.4, -0.2) is 40.9 Å². The summed E-state index contributed by atoms with van der Waals surface area (Å²) in [6, 6.07) is 15.4. The third-order valence-electron chi connectivity index (χ3n) is 6.76. The maximum atomic E-state index is 10.3. The molecule has 3 aromatic rings. The summed E-state index contributed by atoms with van der Waals surface area (Å²) in [5.74, 6) is 0.436. The molecule has 0 bridgehead atoms. The number of piperidine rings is 1. The van der Waals surface area contributed by atoms with Crippen molar-refractivity contribution in [3.05, 3.63) is 64.2 Å². The molecule has 1 saturated heterocycles. The Kier molecular flexibility index (Phi) is 7.93. The summed E-state index contributed by atoms with van der Waals surface area (Å²) in [5, 5.41) is 14.8. The molecule has 1 aromatic heterocycles. The Labute approximate surface area is 219 Å². The lowest BCUT2D eigenvalue weighted by atomic mass is 9.87. The van der Waals surface area contributed by atoms with Gasteiger partial charge in [-0.3, -0.25) is 4.99 Å². The summed E-state index contributed by atoms with van der Waals surface area (Å²) in [4.78, 5) is 14.7. The number of aromatic nitrogens is 2. The van der Waals surface area contributed by atoms with Crippen molar-refractivity contribution in [2.45, 2.75) is 58.9 Å². The van der Waals surface area contributed by atoms with Gasteiger partial charge in [0.2, 0.25) is 5.88 Å². The molecule has 2 aromatic carbocycles. The Morgan fingerprint density at radius 3 is 2.41 bits per heavy atom. The van der Waals surface area contributed by atoms with Gasteiger partial charge >= 0.3 is 6.01 Å². The van der Waals surface area contributed by atoms with Crippen molar-refractivity contribution >= 4 is 30.4 Å². The van der Waals surface area contributed by atoms with E-state index in [1.807, 2.05) is 12.1 Å². The fraction of sp³-hybridized carbons (Fsp3) is 0.367. The van der Waals surface area contributed by atoms with Crippen LogP contribution in [0.15, 0.2) is 47.5 Å². The summed E-state index contributed by atoms with van der Waals surface area (Å²) in [5.41, 5.74) is 4.84. The fourth-order valence-corrected chi connectivity index (χ4v) is 4.76. The van der Waals surface area contributed by atoms with E-state index in [1.165, 1.54) is 17.5 Å². The minimum atomic E-state index is -0.161. The second-order valence-electron chi connectivity index (χ2n) is 10.4. The van der Waals surface area contributed by atoms with E-state index >= 15 is 0 Å². The van der Waals surface area contributed by atoms with Crippen LogP contribution in [0.25, 0.3) is 12.3 Å². The molecule has 0 unspecified atom stereocenters. The number of anilines is 2. The second-order valence-corrected chi connectivity index (χ2v) is 10.4. The molecule has 2 N–H and O–H groups in total. The molecule has 1 fully saturated rings. The number of aromatic hydroxyl groups is 1. The zero-order valence-corrected chi connectivity index (χ0v) is 22.5. The third kappa shape index (κ3) is 6.00. The van der Waals surface area contributed by atoms with E-state index < -0.39 is 0 Å². The molecule has 1 aliphatic rings.